The number of hydrogen-bond acceptors (Lipinski definition) is 4. The number of hydrogen-bond donors (Lipinski definition) is 0. The summed E-state index contributed by atoms with van der Waals surface area (Å²) in [6.45, 7) is -12.5. The van der Waals surface area contributed by atoms with Crippen molar-refractivity contribution >= 4 is 30.4 Å². The Bertz CT molecular complexity index is 940. The van der Waals surface area contributed by atoms with Crippen molar-refractivity contribution in [2.24, 2.45) is 0 Å². The van der Waals surface area contributed by atoms with Gasteiger partial charge in [-0.15, -0.1) is 0 Å². The molecule has 0 aliphatic heterocycles. The predicted octanol–water partition coefficient (Wildman–Crippen LogP) is 8.28. The highest BCUT2D eigenvalue weighted by Crippen LogP contribution is 2.38. The summed E-state index contributed by atoms with van der Waals surface area (Å²) in [6.07, 6.45) is 19.8. The minimum Gasteiger partial charge on any atom is -0.756 e. The summed E-state index contributed by atoms with van der Waals surface area (Å²) in [5, 5.41) is 0. The maximum atomic E-state index is 12.0. The van der Waals surface area contributed by atoms with E-state index in [1.807, 2.05) is 0 Å². The average molecular weight is 647 g/mol. The van der Waals surface area contributed by atoms with Crippen molar-refractivity contribution in [3.05, 3.63) is 33.4 Å². The highest BCUT2D eigenvalue weighted by molar-refractivity contribution is 14.1. The van der Waals surface area contributed by atoms with Gasteiger partial charge in [0, 0.05) is 3.57 Å². The van der Waals surface area contributed by atoms with Gasteiger partial charge >= 0.3 is 0 Å². The topological polar surface area (TPSA) is 58.6 Å². The standard InChI is InChI=1S/C29H53INO4P/c1-31(2,3)25-27-35-36(32,33)34-26-19-17-15-13-11-9-7-5-4-6-8-10-12-14-16-18-20-28-21-23-29(30)24-22-28/h21-24H,4-20,25-27H2,1-3H3/i1D3,2D3,3D3. The summed E-state index contributed by atoms with van der Waals surface area (Å²) in [5.41, 5.74) is 1.44. The minimum atomic E-state index is -4.85. The molecule has 0 aliphatic carbocycles. The third-order valence-corrected chi connectivity index (χ3v) is 7.92. The normalized spacial score (nSPS) is 18.4. The van der Waals surface area contributed by atoms with Gasteiger partial charge in [-0.1, -0.05) is 102 Å². The number of phosphoric acid groups is 1. The molecule has 0 aliphatic rings. The molecule has 0 bridgehead atoms. The van der Waals surface area contributed by atoms with Crippen molar-refractivity contribution in [2.75, 3.05) is 40.7 Å². The first-order valence-corrected chi connectivity index (χ1v) is 16.2. The largest absolute Gasteiger partial charge is 0.756 e. The van der Waals surface area contributed by atoms with Crippen LogP contribution in [0.4, 0.5) is 0 Å². The number of halogens is 1. The van der Waals surface area contributed by atoms with Crippen LogP contribution in [0.5, 0.6) is 0 Å². The second-order valence-electron chi connectivity index (χ2n) is 9.68. The van der Waals surface area contributed by atoms with Crippen LogP contribution < -0.4 is 4.89 Å². The van der Waals surface area contributed by atoms with Crippen molar-refractivity contribution < 1.29 is 35.3 Å². The van der Waals surface area contributed by atoms with Crippen LogP contribution in [0.1, 0.15) is 121 Å². The van der Waals surface area contributed by atoms with E-state index in [0.29, 0.717) is 6.42 Å². The van der Waals surface area contributed by atoms with Gasteiger partial charge in [0.25, 0.3) is 7.82 Å². The molecule has 1 aromatic rings. The van der Waals surface area contributed by atoms with Gasteiger partial charge in [0.1, 0.15) is 13.2 Å². The van der Waals surface area contributed by atoms with E-state index in [1.165, 1.54) is 86.2 Å². The van der Waals surface area contributed by atoms with E-state index < -0.39 is 46.4 Å². The van der Waals surface area contributed by atoms with Crippen molar-refractivity contribution in [3.8, 4) is 0 Å². The third-order valence-electron chi connectivity index (χ3n) is 6.20. The van der Waals surface area contributed by atoms with Gasteiger partial charge in [0.2, 0.25) is 0 Å². The quantitative estimate of drug-likeness (QED) is 0.0491. The number of unbranched alkanes of at least 4 members (excludes halogenated alkanes) is 15. The molecule has 1 unspecified atom stereocenters. The Hall–Kier alpha value is 0.0200. The highest BCUT2D eigenvalue weighted by Gasteiger charge is 2.12. The number of quaternary nitrogens is 1. The minimum absolute atomic E-state index is 0.119. The van der Waals surface area contributed by atoms with Crippen molar-refractivity contribution in [3.63, 3.8) is 0 Å². The molecule has 0 fully saturated rings. The molecule has 36 heavy (non-hydrogen) atoms. The van der Waals surface area contributed by atoms with E-state index in [-0.39, 0.29) is 6.61 Å². The molecule has 210 valence electrons. The summed E-state index contributed by atoms with van der Waals surface area (Å²) in [7, 11) is -4.85. The zero-order valence-electron chi connectivity index (χ0n) is 30.9. The lowest BCUT2D eigenvalue weighted by atomic mass is 10.0. The molecule has 5 nitrogen and oxygen atoms in total. The summed E-state index contributed by atoms with van der Waals surface area (Å²) < 4.78 is 88.4. The second-order valence-corrected chi connectivity index (χ2v) is 12.3. The van der Waals surface area contributed by atoms with Gasteiger partial charge in [-0.05, 0) is 59.5 Å². The Kier molecular flexibility index (Phi) is 12.7. The average Bonchev–Trinajstić information content (AvgIpc) is 2.91. The van der Waals surface area contributed by atoms with E-state index in [9.17, 15) is 9.46 Å². The molecule has 0 aromatic heterocycles. The number of phosphoric ester groups is 1. The number of nitrogens with zero attached hydrogens (tertiary/aromatic N) is 1. The van der Waals surface area contributed by atoms with Crippen LogP contribution in [-0.4, -0.2) is 45.2 Å². The third kappa shape index (κ3) is 22.0. The van der Waals surface area contributed by atoms with Gasteiger partial charge in [-0.25, -0.2) is 0 Å². The van der Waals surface area contributed by atoms with E-state index >= 15 is 0 Å². The maximum absolute atomic E-state index is 12.0. The maximum Gasteiger partial charge on any atom is 0.268 e. The lowest BCUT2D eigenvalue weighted by Gasteiger charge is -2.27. The van der Waals surface area contributed by atoms with Crippen LogP contribution in [-0.2, 0) is 20.0 Å². The summed E-state index contributed by atoms with van der Waals surface area (Å²) >= 11 is 2.34. The highest BCUT2D eigenvalue weighted by atomic mass is 127. The van der Waals surface area contributed by atoms with E-state index in [4.69, 9.17) is 16.9 Å². The molecule has 0 saturated heterocycles. The van der Waals surface area contributed by atoms with Gasteiger partial charge in [-0.2, -0.15) is 0 Å². The molecular formula is C29H53INO4P. The second kappa shape index (κ2) is 20.9. The van der Waals surface area contributed by atoms with Gasteiger partial charge < -0.3 is 18.4 Å². The molecule has 1 rings (SSSR count). The Labute approximate surface area is 248 Å². The fourth-order valence-electron chi connectivity index (χ4n) is 4.06. The molecular weight excluding hydrogens is 584 g/mol. The molecule has 1 aromatic carbocycles. The van der Waals surface area contributed by atoms with Gasteiger partial charge in [-0.3, -0.25) is 4.57 Å². The van der Waals surface area contributed by atoms with E-state index in [2.05, 4.69) is 51.4 Å². The number of likely N-dealkylation sites (N-methyl/N-ethyl adjacent to an activating group) is 1. The van der Waals surface area contributed by atoms with Gasteiger partial charge in [0.05, 0.1) is 39.9 Å². The molecule has 0 amide bonds. The first-order chi connectivity index (χ1) is 20.9. The predicted molar refractivity (Wildman–Crippen MR) is 159 cm³/mol. The van der Waals surface area contributed by atoms with Crippen molar-refractivity contribution in [1.29, 1.82) is 0 Å². The summed E-state index contributed by atoms with van der Waals surface area (Å²) in [4.78, 5) is 12.0. The first-order valence-electron chi connectivity index (χ1n) is 18.2. The smallest absolute Gasteiger partial charge is 0.268 e. The number of rotatable bonds is 24. The fourth-order valence-corrected chi connectivity index (χ4v) is 5.15. The molecule has 0 radical (unpaired) electrons. The Morgan fingerprint density at radius 1 is 0.722 bits per heavy atom. The molecule has 0 N–H and O–H groups in total. The number of benzene rings is 1. The molecule has 1 atom stereocenters. The lowest BCUT2D eigenvalue weighted by molar-refractivity contribution is -0.870. The Morgan fingerprint density at radius 2 is 1.14 bits per heavy atom. The van der Waals surface area contributed by atoms with Crippen molar-refractivity contribution in [1.82, 2.24) is 0 Å². The van der Waals surface area contributed by atoms with E-state index in [0.717, 1.165) is 25.7 Å². The zero-order chi connectivity index (χ0) is 34.0. The Morgan fingerprint density at radius 3 is 1.61 bits per heavy atom. The van der Waals surface area contributed by atoms with Crippen LogP contribution in [0.3, 0.4) is 0 Å². The van der Waals surface area contributed by atoms with Crippen LogP contribution >= 0.6 is 30.4 Å². The van der Waals surface area contributed by atoms with Crippen LogP contribution in [0.25, 0.3) is 0 Å². The van der Waals surface area contributed by atoms with Gasteiger partial charge in [0.15, 0.2) is 0 Å². The monoisotopic (exact) mass is 646 g/mol. The lowest BCUT2D eigenvalue weighted by Crippen LogP contribution is -2.37. The SMILES string of the molecule is [2H]C([2H])([2H])[N+](CCOP(=O)([O-])OCCCCCCCCCCCCCCCCCCc1ccc(I)cc1)(C([2H])([2H])[2H])C([2H])([2H])[2H]. The van der Waals surface area contributed by atoms with Crippen LogP contribution in [0, 0.1) is 3.57 Å². The zero-order valence-corrected chi connectivity index (χ0v) is 24.9. The Balaban J connectivity index is 2.01. The molecule has 0 spiro atoms. The molecule has 0 saturated carbocycles. The fraction of sp³-hybridized carbons (Fsp3) is 0.793. The summed E-state index contributed by atoms with van der Waals surface area (Å²) in [5.74, 6) is 0. The number of aryl methyl sites for hydroxylation is 1. The van der Waals surface area contributed by atoms with Crippen molar-refractivity contribution in [2.45, 2.75) is 109 Å². The van der Waals surface area contributed by atoms with Crippen LogP contribution in [0.2, 0.25) is 0 Å². The summed E-state index contributed by atoms with van der Waals surface area (Å²) in [6, 6.07) is 8.82. The molecule has 0 heterocycles. The first kappa shape index (κ1) is 21.8. The van der Waals surface area contributed by atoms with E-state index in [1.54, 1.807) is 0 Å². The van der Waals surface area contributed by atoms with Crippen LogP contribution in [0.15, 0.2) is 24.3 Å². The molecule has 7 heteroatoms.